The van der Waals surface area contributed by atoms with Crippen LogP contribution >= 0.6 is 0 Å². The highest BCUT2D eigenvalue weighted by molar-refractivity contribution is 5.42. The van der Waals surface area contributed by atoms with E-state index in [-0.39, 0.29) is 0 Å². The third-order valence-electron chi connectivity index (χ3n) is 2.42. The lowest BCUT2D eigenvalue weighted by atomic mass is 10.4. The Morgan fingerprint density at radius 1 is 1.28 bits per heavy atom. The van der Waals surface area contributed by atoms with Crippen molar-refractivity contribution in [2.45, 2.75) is 6.42 Å². The number of nitrogens with zero attached hydrogens (tertiary/aromatic N) is 3. The molecule has 0 spiro atoms. The molecule has 0 aliphatic rings. The van der Waals surface area contributed by atoms with Crippen LogP contribution in [0.4, 0.5) is 5.95 Å². The Balaban J connectivity index is 1.67. The topological polar surface area (TPSA) is 60.7 Å². The number of anilines is 1. The van der Waals surface area contributed by atoms with Gasteiger partial charge in [0.05, 0.1) is 13.2 Å². The van der Waals surface area contributed by atoms with Crippen LogP contribution in [0.15, 0.2) is 24.4 Å². The van der Waals surface area contributed by atoms with Crippen LogP contribution in [0.5, 0.6) is 0 Å². The minimum Gasteiger partial charge on any atom is -0.382 e. The van der Waals surface area contributed by atoms with Crippen molar-refractivity contribution in [2.75, 3.05) is 38.8 Å². The fourth-order valence-electron chi connectivity index (χ4n) is 1.53. The van der Waals surface area contributed by atoms with Crippen LogP contribution in [0.25, 0.3) is 5.65 Å². The highest BCUT2D eigenvalue weighted by atomic mass is 16.5. The first kappa shape index (κ1) is 12.8. The molecular weight excluding hydrogens is 232 g/mol. The first-order valence-corrected chi connectivity index (χ1v) is 6.02. The van der Waals surface area contributed by atoms with Crippen molar-refractivity contribution in [2.24, 2.45) is 0 Å². The van der Waals surface area contributed by atoms with E-state index in [0.717, 1.165) is 18.6 Å². The van der Waals surface area contributed by atoms with E-state index in [2.05, 4.69) is 15.4 Å². The molecule has 0 aromatic carbocycles. The van der Waals surface area contributed by atoms with Crippen LogP contribution in [-0.2, 0) is 9.47 Å². The van der Waals surface area contributed by atoms with E-state index in [0.29, 0.717) is 25.8 Å². The maximum absolute atomic E-state index is 5.36. The predicted octanol–water partition coefficient (Wildman–Crippen LogP) is 1.19. The summed E-state index contributed by atoms with van der Waals surface area (Å²) >= 11 is 0. The molecule has 2 heterocycles. The van der Waals surface area contributed by atoms with Gasteiger partial charge < -0.3 is 14.8 Å². The summed E-state index contributed by atoms with van der Waals surface area (Å²) in [6.07, 6.45) is 2.79. The summed E-state index contributed by atoms with van der Waals surface area (Å²) < 4.78 is 12.0. The molecule has 0 fully saturated rings. The quantitative estimate of drug-likeness (QED) is 0.713. The molecule has 0 saturated carbocycles. The number of nitrogens with one attached hydrogen (secondary N) is 1. The van der Waals surface area contributed by atoms with Gasteiger partial charge in [0.15, 0.2) is 5.65 Å². The van der Waals surface area contributed by atoms with Crippen LogP contribution in [0.2, 0.25) is 0 Å². The monoisotopic (exact) mass is 250 g/mol. The molecule has 0 bridgehead atoms. The molecule has 2 rings (SSSR count). The van der Waals surface area contributed by atoms with Crippen molar-refractivity contribution in [1.29, 1.82) is 0 Å². The summed E-state index contributed by atoms with van der Waals surface area (Å²) in [6, 6.07) is 5.79. The fraction of sp³-hybridized carbons (Fsp3) is 0.500. The Bertz CT molecular complexity index is 439. The molecule has 2 aromatic rings. The van der Waals surface area contributed by atoms with Gasteiger partial charge in [-0.25, -0.2) is 4.52 Å². The van der Waals surface area contributed by atoms with Crippen LogP contribution in [0.3, 0.4) is 0 Å². The maximum Gasteiger partial charge on any atom is 0.243 e. The summed E-state index contributed by atoms with van der Waals surface area (Å²) in [4.78, 5) is 4.34. The number of hydrogen-bond acceptors (Lipinski definition) is 5. The number of rotatable bonds is 8. The molecule has 6 nitrogen and oxygen atoms in total. The summed E-state index contributed by atoms with van der Waals surface area (Å²) in [5.41, 5.74) is 0.844. The summed E-state index contributed by atoms with van der Waals surface area (Å²) in [5.74, 6) is 0.651. The van der Waals surface area contributed by atoms with E-state index >= 15 is 0 Å². The van der Waals surface area contributed by atoms with Gasteiger partial charge in [0.25, 0.3) is 0 Å². The van der Waals surface area contributed by atoms with Crippen LogP contribution in [0.1, 0.15) is 6.42 Å². The molecule has 98 valence electrons. The molecule has 0 amide bonds. The normalized spacial score (nSPS) is 10.9. The van der Waals surface area contributed by atoms with E-state index in [9.17, 15) is 0 Å². The summed E-state index contributed by atoms with van der Waals surface area (Å²) in [5, 5.41) is 7.46. The molecular formula is C12H18N4O2. The van der Waals surface area contributed by atoms with Crippen LogP contribution < -0.4 is 5.32 Å². The minimum absolute atomic E-state index is 0.640. The van der Waals surface area contributed by atoms with Gasteiger partial charge in [0.2, 0.25) is 5.95 Å². The number of hydrogen-bond donors (Lipinski definition) is 1. The van der Waals surface area contributed by atoms with Gasteiger partial charge in [0, 0.05) is 26.5 Å². The lowest BCUT2D eigenvalue weighted by Crippen LogP contribution is -2.09. The Morgan fingerprint density at radius 3 is 3.06 bits per heavy atom. The first-order valence-electron chi connectivity index (χ1n) is 6.02. The molecule has 0 saturated heterocycles. The Hall–Kier alpha value is -1.66. The van der Waals surface area contributed by atoms with Crippen LogP contribution in [-0.4, -0.2) is 48.1 Å². The van der Waals surface area contributed by atoms with E-state index < -0.39 is 0 Å². The fourth-order valence-corrected chi connectivity index (χ4v) is 1.53. The van der Waals surface area contributed by atoms with Crippen molar-refractivity contribution in [3.63, 3.8) is 0 Å². The van der Waals surface area contributed by atoms with E-state index in [1.54, 1.807) is 11.6 Å². The second kappa shape index (κ2) is 6.93. The smallest absolute Gasteiger partial charge is 0.243 e. The van der Waals surface area contributed by atoms with Crippen molar-refractivity contribution < 1.29 is 9.47 Å². The average Bonchev–Trinajstić information content (AvgIpc) is 2.80. The van der Waals surface area contributed by atoms with Gasteiger partial charge in [-0.05, 0) is 18.6 Å². The Morgan fingerprint density at radius 2 is 2.22 bits per heavy atom. The van der Waals surface area contributed by atoms with Gasteiger partial charge >= 0.3 is 0 Å². The average molecular weight is 250 g/mol. The highest BCUT2D eigenvalue weighted by Crippen LogP contribution is 2.03. The second-order valence-corrected chi connectivity index (χ2v) is 3.82. The third-order valence-corrected chi connectivity index (χ3v) is 2.42. The standard InChI is InChI=1S/C12H18N4O2/c1-17-9-10-18-8-4-6-13-12-14-11-5-2-3-7-16(11)15-12/h2-3,5,7H,4,6,8-10H2,1H3,(H,13,15). The highest BCUT2D eigenvalue weighted by Gasteiger charge is 2.00. The van der Waals surface area contributed by atoms with E-state index in [4.69, 9.17) is 9.47 Å². The van der Waals surface area contributed by atoms with Crippen molar-refractivity contribution in [3.8, 4) is 0 Å². The Labute approximate surface area is 106 Å². The molecule has 18 heavy (non-hydrogen) atoms. The number of methoxy groups -OCH3 is 1. The molecule has 0 radical (unpaired) electrons. The molecule has 0 aliphatic carbocycles. The van der Waals surface area contributed by atoms with Crippen molar-refractivity contribution >= 4 is 11.6 Å². The number of aromatic nitrogens is 3. The van der Waals surface area contributed by atoms with E-state index in [1.807, 2.05) is 24.4 Å². The summed E-state index contributed by atoms with van der Waals surface area (Å²) in [7, 11) is 1.67. The second-order valence-electron chi connectivity index (χ2n) is 3.82. The molecule has 0 unspecified atom stereocenters. The number of fused-ring (bicyclic) bond motifs is 1. The third kappa shape index (κ3) is 3.68. The maximum atomic E-state index is 5.36. The lowest BCUT2D eigenvalue weighted by Gasteiger charge is -2.03. The van der Waals surface area contributed by atoms with Crippen molar-refractivity contribution in [1.82, 2.24) is 14.6 Å². The summed E-state index contributed by atoms with van der Waals surface area (Å²) in [6.45, 7) is 2.79. The van der Waals surface area contributed by atoms with Crippen molar-refractivity contribution in [3.05, 3.63) is 24.4 Å². The minimum atomic E-state index is 0.640. The first-order chi connectivity index (χ1) is 8.90. The SMILES string of the molecule is COCCOCCCNc1nc2ccccn2n1. The molecule has 0 atom stereocenters. The molecule has 6 heteroatoms. The van der Waals surface area contributed by atoms with Gasteiger partial charge in [-0.1, -0.05) is 6.07 Å². The van der Waals surface area contributed by atoms with Gasteiger partial charge in [0.1, 0.15) is 0 Å². The van der Waals surface area contributed by atoms with Gasteiger partial charge in [-0.2, -0.15) is 4.98 Å². The van der Waals surface area contributed by atoms with Gasteiger partial charge in [-0.3, -0.25) is 0 Å². The number of pyridine rings is 1. The van der Waals surface area contributed by atoms with E-state index in [1.165, 1.54) is 0 Å². The predicted molar refractivity (Wildman–Crippen MR) is 68.8 cm³/mol. The zero-order valence-electron chi connectivity index (χ0n) is 10.5. The zero-order valence-corrected chi connectivity index (χ0v) is 10.5. The molecule has 0 aliphatic heterocycles. The Kier molecular flexibility index (Phi) is 4.92. The van der Waals surface area contributed by atoms with Crippen LogP contribution in [0, 0.1) is 0 Å². The zero-order chi connectivity index (χ0) is 12.6. The molecule has 2 aromatic heterocycles. The van der Waals surface area contributed by atoms with Gasteiger partial charge in [-0.15, -0.1) is 5.10 Å². The lowest BCUT2D eigenvalue weighted by molar-refractivity contribution is 0.0705. The largest absolute Gasteiger partial charge is 0.382 e. The molecule has 1 N–H and O–H groups in total. The number of ether oxygens (including phenoxy) is 2.